The number of ether oxygens (including phenoxy) is 1. The lowest BCUT2D eigenvalue weighted by Crippen LogP contribution is -2.36. The number of rotatable bonds is 5. The first-order chi connectivity index (χ1) is 9.70. The van der Waals surface area contributed by atoms with Crippen LogP contribution in [0.1, 0.15) is 12.5 Å². The SMILES string of the molecule is CC(CCl)C(=O)NCc1ccc(N2CCOCC2)nc1. The Hall–Kier alpha value is -1.33. The molecule has 1 N–H and O–H groups in total. The van der Waals surface area contributed by atoms with E-state index in [1.54, 1.807) is 6.20 Å². The molecule has 0 aromatic carbocycles. The van der Waals surface area contributed by atoms with E-state index in [2.05, 4.69) is 15.2 Å². The summed E-state index contributed by atoms with van der Waals surface area (Å²) in [5, 5.41) is 2.85. The second-order valence-corrected chi connectivity index (χ2v) is 5.21. The first-order valence-corrected chi connectivity index (χ1v) is 7.35. The van der Waals surface area contributed by atoms with E-state index in [-0.39, 0.29) is 11.8 Å². The number of nitrogens with zero attached hydrogens (tertiary/aromatic N) is 2. The van der Waals surface area contributed by atoms with E-state index in [1.807, 2.05) is 19.1 Å². The standard InChI is InChI=1S/C14H20ClN3O2/c1-11(8-15)14(19)17-10-12-2-3-13(16-9-12)18-4-6-20-7-5-18/h2-3,9,11H,4-8,10H2,1H3,(H,17,19). The highest BCUT2D eigenvalue weighted by atomic mass is 35.5. The third kappa shape index (κ3) is 4.08. The highest BCUT2D eigenvalue weighted by Gasteiger charge is 2.13. The van der Waals surface area contributed by atoms with Crippen molar-refractivity contribution in [2.45, 2.75) is 13.5 Å². The average molecular weight is 298 g/mol. The Morgan fingerprint density at radius 3 is 2.85 bits per heavy atom. The van der Waals surface area contributed by atoms with Gasteiger partial charge in [-0.05, 0) is 11.6 Å². The topological polar surface area (TPSA) is 54.5 Å². The van der Waals surface area contributed by atoms with Gasteiger partial charge in [-0.15, -0.1) is 11.6 Å². The summed E-state index contributed by atoms with van der Waals surface area (Å²) in [6.45, 7) is 5.52. The molecule has 1 saturated heterocycles. The molecule has 2 rings (SSSR count). The quantitative estimate of drug-likeness (QED) is 0.835. The Bertz CT molecular complexity index is 433. The molecule has 1 fully saturated rings. The van der Waals surface area contributed by atoms with Crippen molar-refractivity contribution < 1.29 is 9.53 Å². The Balaban J connectivity index is 1.86. The van der Waals surface area contributed by atoms with Gasteiger partial charge in [0.15, 0.2) is 0 Å². The summed E-state index contributed by atoms with van der Waals surface area (Å²) in [6.07, 6.45) is 1.80. The number of morpholine rings is 1. The molecule has 0 radical (unpaired) electrons. The number of pyridine rings is 1. The van der Waals surface area contributed by atoms with Crippen LogP contribution in [0, 0.1) is 5.92 Å². The van der Waals surface area contributed by atoms with Crippen LogP contribution in [0.4, 0.5) is 5.82 Å². The fraction of sp³-hybridized carbons (Fsp3) is 0.571. The van der Waals surface area contributed by atoms with Crippen molar-refractivity contribution in [3.8, 4) is 0 Å². The van der Waals surface area contributed by atoms with E-state index in [0.29, 0.717) is 12.4 Å². The molecule has 1 aromatic heterocycles. The van der Waals surface area contributed by atoms with Crippen LogP contribution in [-0.4, -0.2) is 43.1 Å². The maximum atomic E-state index is 11.6. The number of nitrogens with one attached hydrogen (secondary N) is 1. The number of anilines is 1. The molecule has 1 unspecified atom stereocenters. The van der Waals surface area contributed by atoms with Crippen LogP contribution >= 0.6 is 11.6 Å². The van der Waals surface area contributed by atoms with Gasteiger partial charge >= 0.3 is 0 Å². The van der Waals surface area contributed by atoms with E-state index in [4.69, 9.17) is 16.3 Å². The molecule has 6 heteroatoms. The number of aromatic nitrogens is 1. The van der Waals surface area contributed by atoms with E-state index in [1.165, 1.54) is 0 Å². The molecule has 0 spiro atoms. The number of halogens is 1. The maximum Gasteiger partial charge on any atom is 0.224 e. The number of alkyl halides is 1. The Morgan fingerprint density at radius 2 is 2.25 bits per heavy atom. The second-order valence-electron chi connectivity index (χ2n) is 4.90. The van der Waals surface area contributed by atoms with Crippen molar-refractivity contribution in [1.82, 2.24) is 10.3 Å². The predicted octanol–water partition coefficient (Wildman–Crippen LogP) is 1.41. The first-order valence-electron chi connectivity index (χ1n) is 6.82. The second kappa shape index (κ2) is 7.45. The summed E-state index contributed by atoms with van der Waals surface area (Å²) in [6, 6.07) is 3.97. The van der Waals surface area contributed by atoms with Crippen LogP contribution in [-0.2, 0) is 16.1 Å². The molecule has 2 heterocycles. The summed E-state index contributed by atoms with van der Waals surface area (Å²) in [7, 11) is 0. The molecule has 0 aliphatic carbocycles. The zero-order valence-electron chi connectivity index (χ0n) is 11.6. The summed E-state index contributed by atoms with van der Waals surface area (Å²) in [5.41, 5.74) is 0.983. The number of hydrogen-bond donors (Lipinski definition) is 1. The number of hydrogen-bond acceptors (Lipinski definition) is 4. The van der Waals surface area contributed by atoms with E-state index in [0.717, 1.165) is 37.7 Å². The molecular weight excluding hydrogens is 278 g/mol. The molecule has 1 aromatic rings. The molecule has 1 aliphatic heterocycles. The van der Waals surface area contributed by atoms with E-state index < -0.39 is 0 Å². The van der Waals surface area contributed by atoms with E-state index in [9.17, 15) is 4.79 Å². The monoisotopic (exact) mass is 297 g/mol. The minimum atomic E-state index is -0.169. The van der Waals surface area contributed by atoms with Crippen LogP contribution in [0.15, 0.2) is 18.3 Å². The first kappa shape index (κ1) is 15.1. The minimum absolute atomic E-state index is 0.0303. The van der Waals surface area contributed by atoms with Gasteiger partial charge in [-0.2, -0.15) is 0 Å². The largest absolute Gasteiger partial charge is 0.378 e. The van der Waals surface area contributed by atoms with Gasteiger partial charge in [0.25, 0.3) is 0 Å². The zero-order chi connectivity index (χ0) is 14.4. The fourth-order valence-electron chi connectivity index (χ4n) is 1.93. The molecule has 5 nitrogen and oxygen atoms in total. The third-order valence-corrected chi connectivity index (χ3v) is 3.75. The Morgan fingerprint density at radius 1 is 1.50 bits per heavy atom. The van der Waals surface area contributed by atoms with Crippen LogP contribution in [0.25, 0.3) is 0 Å². The van der Waals surface area contributed by atoms with Gasteiger partial charge in [0.05, 0.1) is 13.2 Å². The van der Waals surface area contributed by atoms with Crippen molar-refractivity contribution in [3.63, 3.8) is 0 Å². The predicted molar refractivity (Wildman–Crippen MR) is 79.0 cm³/mol. The lowest BCUT2D eigenvalue weighted by atomic mass is 10.2. The lowest BCUT2D eigenvalue weighted by molar-refractivity contribution is -0.124. The summed E-state index contributed by atoms with van der Waals surface area (Å²) in [5.74, 6) is 1.09. The Kier molecular flexibility index (Phi) is 5.61. The van der Waals surface area contributed by atoms with Crippen molar-refractivity contribution >= 4 is 23.3 Å². The van der Waals surface area contributed by atoms with Crippen molar-refractivity contribution in [3.05, 3.63) is 23.9 Å². The van der Waals surface area contributed by atoms with Crippen LogP contribution in [0.2, 0.25) is 0 Å². The van der Waals surface area contributed by atoms with Crippen LogP contribution in [0.3, 0.4) is 0 Å². The molecule has 1 aliphatic rings. The van der Waals surface area contributed by atoms with Gasteiger partial charge in [-0.25, -0.2) is 4.98 Å². The van der Waals surface area contributed by atoms with Gasteiger partial charge in [0, 0.05) is 37.6 Å². The van der Waals surface area contributed by atoms with Gasteiger partial charge in [0.2, 0.25) is 5.91 Å². The van der Waals surface area contributed by atoms with Crippen LogP contribution in [0.5, 0.6) is 0 Å². The minimum Gasteiger partial charge on any atom is -0.378 e. The molecule has 110 valence electrons. The van der Waals surface area contributed by atoms with Gasteiger partial charge in [-0.3, -0.25) is 4.79 Å². The Labute approximate surface area is 124 Å². The molecule has 1 amide bonds. The smallest absolute Gasteiger partial charge is 0.224 e. The zero-order valence-corrected chi connectivity index (χ0v) is 12.4. The fourth-order valence-corrected chi connectivity index (χ4v) is 2.07. The van der Waals surface area contributed by atoms with Gasteiger partial charge < -0.3 is 15.0 Å². The number of carbonyl (C=O) groups excluding carboxylic acids is 1. The molecular formula is C14H20ClN3O2. The van der Waals surface area contributed by atoms with Gasteiger partial charge in [0.1, 0.15) is 5.82 Å². The van der Waals surface area contributed by atoms with Crippen LogP contribution < -0.4 is 10.2 Å². The summed E-state index contributed by atoms with van der Waals surface area (Å²) < 4.78 is 5.32. The third-order valence-electron chi connectivity index (χ3n) is 3.29. The van der Waals surface area contributed by atoms with Crippen molar-refractivity contribution in [2.24, 2.45) is 5.92 Å². The summed E-state index contributed by atoms with van der Waals surface area (Å²) >= 11 is 5.65. The highest BCUT2D eigenvalue weighted by molar-refractivity contribution is 6.19. The summed E-state index contributed by atoms with van der Waals surface area (Å²) in [4.78, 5) is 18.3. The van der Waals surface area contributed by atoms with E-state index >= 15 is 0 Å². The normalized spacial score (nSPS) is 16.8. The average Bonchev–Trinajstić information content (AvgIpc) is 2.53. The van der Waals surface area contributed by atoms with Gasteiger partial charge in [-0.1, -0.05) is 13.0 Å². The molecule has 0 saturated carbocycles. The number of amides is 1. The highest BCUT2D eigenvalue weighted by Crippen LogP contribution is 2.13. The maximum absolute atomic E-state index is 11.6. The van der Waals surface area contributed by atoms with Crippen molar-refractivity contribution in [2.75, 3.05) is 37.1 Å². The number of carbonyl (C=O) groups is 1. The van der Waals surface area contributed by atoms with Crippen molar-refractivity contribution in [1.29, 1.82) is 0 Å². The molecule has 20 heavy (non-hydrogen) atoms. The molecule has 1 atom stereocenters. The molecule has 0 bridgehead atoms. The lowest BCUT2D eigenvalue weighted by Gasteiger charge is -2.27.